The Morgan fingerprint density at radius 1 is 0.844 bits per heavy atom. The van der Waals surface area contributed by atoms with E-state index >= 15 is 0 Å². The summed E-state index contributed by atoms with van der Waals surface area (Å²) in [5.41, 5.74) is 8.71. The SMILES string of the molecule is C/C(=N\NC(=O)C(=O)Nc1ccc(C)c(C)c1)c1ccc(OCc2ccccc2C)cc1. The standard InChI is InChI=1S/C26H27N3O3/c1-17-9-12-23(15-19(17)3)27-25(30)26(31)29-28-20(4)21-10-13-24(14-11-21)32-16-22-8-6-5-7-18(22)2/h5-15H,16H2,1-4H3,(H,27,30)(H,29,31)/b28-20+. The number of carbonyl (C=O) groups is 2. The van der Waals surface area contributed by atoms with Gasteiger partial charge in [0, 0.05) is 5.69 Å². The van der Waals surface area contributed by atoms with Gasteiger partial charge < -0.3 is 10.1 Å². The quantitative estimate of drug-likeness (QED) is 0.339. The molecular weight excluding hydrogens is 402 g/mol. The van der Waals surface area contributed by atoms with Gasteiger partial charge in [0.1, 0.15) is 12.4 Å². The Balaban J connectivity index is 1.54. The van der Waals surface area contributed by atoms with Gasteiger partial charge in [0.05, 0.1) is 5.71 Å². The number of hydrazone groups is 1. The van der Waals surface area contributed by atoms with E-state index in [4.69, 9.17) is 4.74 Å². The van der Waals surface area contributed by atoms with Gasteiger partial charge in [-0.05, 0) is 91.9 Å². The van der Waals surface area contributed by atoms with E-state index in [1.165, 1.54) is 5.56 Å². The van der Waals surface area contributed by atoms with E-state index in [0.29, 0.717) is 18.0 Å². The molecule has 6 heteroatoms. The van der Waals surface area contributed by atoms with E-state index in [2.05, 4.69) is 28.8 Å². The van der Waals surface area contributed by atoms with E-state index in [-0.39, 0.29) is 0 Å². The Morgan fingerprint density at radius 2 is 1.56 bits per heavy atom. The second kappa shape index (κ2) is 10.4. The third-order valence-corrected chi connectivity index (χ3v) is 5.22. The van der Waals surface area contributed by atoms with Crippen LogP contribution in [0, 0.1) is 20.8 Å². The molecule has 0 saturated heterocycles. The number of hydrogen-bond acceptors (Lipinski definition) is 4. The van der Waals surface area contributed by atoms with Crippen LogP contribution in [-0.4, -0.2) is 17.5 Å². The van der Waals surface area contributed by atoms with Gasteiger partial charge in [0.2, 0.25) is 0 Å². The molecule has 2 N–H and O–H groups in total. The maximum Gasteiger partial charge on any atom is 0.329 e. The minimum atomic E-state index is -0.833. The molecule has 0 fully saturated rings. The predicted octanol–water partition coefficient (Wildman–Crippen LogP) is 4.67. The lowest BCUT2D eigenvalue weighted by Crippen LogP contribution is -2.33. The van der Waals surface area contributed by atoms with Crippen molar-refractivity contribution in [2.75, 3.05) is 5.32 Å². The first-order valence-corrected chi connectivity index (χ1v) is 10.3. The fourth-order valence-corrected chi connectivity index (χ4v) is 2.98. The summed E-state index contributed by atoms with van der Waals surface area (Å²) in [4.78, 5) is 24.2. The van der Waals surface area contributed by atoms with Crippen molar-refractivity contribution in [1.29, 1.82) is 0 Å². The molecule has 0 aliphatic rings. The molecule has 0 saturated carbocycles. The summed E-state index contributed by atoms with van der Waals surface area (Å²) in [7, 11) is 0. The first kappa shape index (κ1) is 22.7. The highest BCUT2D eigenvalue weighted by Gasteiger charge is 2.13. The van der Waals surface area contributed by atoms with Gasteiger partial charge in [-0.25, -0.2) is 5.43 Å². The second-order valence-corrected chi connectivity index (χ2v) is 7.63. The number of benzene rings is 3. The maximum atomic E-state index is 12.1. The van der Waals surface area contributed by atoms with Crippen molar-refractivity contribution >= 4 is 23.2 Å². The van der Waals surface area contributed by atoms with Crippen molar-refractivity contribution in [2.24, 2.45) is 5.10 Å². The molecule has 164 valence electrons. The molecule has 0 aliphatic carbocycles. The zero-order valence-corrected chi connectivity index (χ0v) is 18.7. The van der Waals surface area contributed by atoms with Crippen LogP contribution in [0.2, 0.25) is 0 Å². The third kappa shape index (κ3) is 6.04. The number of ether oxygens (including phenoxy) is 1. The number of hydrogen-bond donors (Lipinski definition) is 2. The van der Waals surface area contributed by atoms with Gasteiger partial charge in [-0.2, -0.15) is 5.10 Å². The average Bonchev–Trinajstić information content (AvgIpc) is 2.79. The monoisotopic (exact) mass is 429 g/mol. The second-order valence-electron chi connectivity index (χ2n) is 7.63. The van der Waals surface area contributed by atoms with Crippen LogP contribution < -0.4 is 15.5 Å². The topological polar surface area (TPSA) is 79.8 Å². The van der Waals surface area contributed by atoms with Crippen molar-refractivity contribution in [2.45, 2.75) is 34.3 Å². The molecule has 0 aromatic heterocycles. The van der Waals surface area contributed by atoms with Crippen molar-refractivity contribution in [3.63, 3.8) is 0 Å². The lowest BCUT2D eigenvalue weighted by Gasteiger charge is -2.09. The molecule has 3 aromatic carbocycles. The number of anilines is 1. The molecule has 0 heterocycles. The molecule has 0 spiro atoms. The van der Waals surface area contributed by atoms with E-state index in [0.717, 1.165) is 28.0 Å². The molecule has 0 bridgehead atoms. The van der Waals surface area contributed by atoms with Crippen LogP contribution in [0.4, 0.5) is 5.69 Å². The zero-order chi connectivity index (χ0) is 23.1. The van der Waals surface area contributed by atoms with Crippen LogP contribution >= 0.6 is 0 Å². The molecule has 0 aliphatic heterocycles. The Bertz CT molecular complexity index is 1150. The Hall–Kier alpha value is -3.93. The van der Waals surface area contributed by atoms with Gasteiger partial charge in [0.15, 0.2) is 0 Å². The summed E-state index contributed by atoms with van der Waals surface area (Å²) >= 11 is 0. The molecule has 0 unspecified atom stereocenters. The van der Waals surface area contributed by atoms with Crippen LogP contribution in [0.5, 0.6) is 5.75 Å². The molecule has 0 atom stereocenters. The van der Waals surface area contributed by atoms with Crippen molar-refractivity contribution < 1.29 is 14.3 Å². The van der Waals surface area contributed by atoms with Crippen LogP contribution in [0.1, 0.15) is 34.7 Å². The average molecular weight is 430 g/mol. The molecular formula is C26H27N3O3. The first-order valence-electron chi connectivity index (χ1n) is 10.3. The van der Waals surface area contributed by atoms with Crippen LogP contribution in [-0.2, 0) is 16.2 Å². The van der Waals surface area contributed by atoms with Crippen molar-refractivity contribution in [3.05, 3.63) is 94.5 Å². The van der Waals surface area contributed by atoms with Crippen LogP contribution in [0.3, 0.4) is 0 Å². The number of nitrogens with one attached hydrogen (secondary N) is 2. The van der Waals surface area contributed by atoms with Crippen molar-refractivity contribution in [3.8, 4) is 5.75 Å². The number of amides is 2. The number of nitrogens with zero attached hydrogens (tertiary/aromatic N) is 1. The summed E-state index contributed by atoms with van der Waals surface area (Å²) in [6.45, 7) is 8.22. The van der Waals surface area contributed by atoms with Crippen LogP contribution in [0.15, 0.2) is 71.8 Å². The fourth-order valence-electron chi connectivity index (χ4n) is 2.98. The van der Waals surface area contributed by atoms with E-state index < -0.39 is 11.8 Å². The fraction of sp³-hybridized carbons (Fsp3) is 0.192. The number of carbonyl (C=O) groups excluding carboxylic acids is 2. The largest absolute Gasteiger partial charge is 0.489 e. The molecule has 32 heavy (non-hydrogen) atoms. The smallest absolute Gasteiger partial charge is 0.329 e. The Morgan fingerprint density at radius 3 is 2.25 bits per heavy atom. The summed E-state index contributed by atoms with van der Waals surface area (Å²) in [5.74, 6) is -0.868. The van der Waals surface area contributed by atoms with Gasteiger partial charge in [0.25, 0.3) is 0 Å². The highest BCUT2D eigenvalue weighted by Crippen LogP contribution is 2.16. The third-order valence-electron chi connectivity index (χ3n) is 5.22. The Kier molecular flexibility index (Phi) is 7.39. The summed E-state index contributed by atoms with van der Waals surface area (Å²) in [5, 5.41) is 6.61. The predicted molar refractivity (Wildman–Crippen MR) is 127 cm³/mol. The molecule has 2 amide bonds. The van der Waals surface area contributed by atoms with Gasteiger partial charge in [-0.15, -0.1) is 0 Å². The molecule has 6 nitrogen and oxygen atoms in total. The van der Waals surface area contributed by atoms with Gasteiger partial charge >= 0.3 is 11.8 Å². The summed E-state index contributed by atoms with van der Waals surface area (Å²) in [6.07, 6.45) is 0. The highest BCUT2D eigenvalue weighted by atomic mass is 16.5. The molecule has 3 aromatic rings. The van der Waals surface area contributed by atoms with E-state index in [1.54, 1.807) is 13.0 Å². The van der Waals surface area contributed by atoms with Crippen LogP contribution in [0.25, 0.3) is 0 Å². The normalized spacial score (nSPS) is 11.1. The summed E-state index contributed by atoms with van der Waals surface area (Å²) in [6, 6.07) is 21.0. The molecule has 3 rings (SSSR count). The van der Waals surface area contributed by atoms with Gasteiger partial charge in [-0.1, -0.05) is 30.3 Å². The zero-order valence-electron chi connectivity index (χ0n) is 18.7. The van der Waals surface area contributed by atoms with E-state index in [1.807, 2.05) is 68.4 Å². The number of aryl methyl sites for hydroxylation is 3. The molecule has 0 radical (unpaired) electrons. The highest BCUT2D eigenvalue weighted by molar-refractivity contribution is 6.39. The lowest BCUT2D eigenvalue weighted by atomic mass is 10.1. The minimum absolute atomic E-state index is 0.491. The maximum absolute atomic E-state index is 12.1. The number of rotatable bonds is 6. The first-order chi connectivity index (χ1) is 15.3. The summed E-state index contributed by atoms with van der Waals surface area (Å²) < 4.78 is 5.85. The van der Waals surface area contributed by atoms with Gasteiger partial charge in [-0.3, -0.25) is 9.59 Å². The lowest BCUT2D eigenvalue weighted by molar-refractivity contribution is -0.136. The minimum Gasteiger partial charge on any atom is -0.489 e. The Labute approximate surface area is 188 Å². The van der Waals surface area contributed by atoms with E-state index in [9.17, 15) is 9.59 Å². The van der Waals surface area contributed by atoms with Crippen molar-refractivity contribution in [1.82, 2.24) is 5.43 Å².